The lowest BCUT2D eigenvalue weighted by Crippen LogP contribution is -2.02. The zero-order valence-electron chi connectivity index (χ0n) is 13.7. The van der Waals surface area contributed by atoms with Crippen molar-refractivity contribution in [2.24, 2.45) is 5.92 Å². The highest BCUT2D eigenvalue weighted by Gasteiger charge is 2.21. The minimum atomic E-state index is -0.766. The summed E-state index contributed by atoms with van der Waals surface area (Å²) in [6, 6.07) is 16.1. The van der Waals surface area contributed by atoms with Crippen LogP contribution in [0.3, 0.4) is 0 Å². The molecular weight excluding hydrogens is 302 g/mol. The molecule has 4 nitrogen and oxygen atoms in total. The Hall–Kier alpha value is -2.49. The molecule has 0 spiro atoms. The molecule has 2 aromatic carbocycles. The summed E-state index contributed by atoms with van der Waals surface area (Å²) in [7, 11) is 0. The SMILES string of the molecule is O=C(O)CCc1cccc(NCc2ccc(OCC3CC3)cc2)c1. The van der Waals surface area contributed by atoms with Crippen LogP contribution >= 0.6 is 0 Å². The van der Waals surface area contributed by atoms with Gasteiger partial charge >= 0.3 is 5.97 Å². The van der Waals surface area contributed by atoms with Gasteiger partial charge in [0.2, 0.25) is 0 Å². The molecule has 24 heavy (non-hydrogen) atoms. The minimum absolute atomic E-state index is 0.159. The number of ether oxygens (including phenoxy) is 1. The van der Waals surface area contributed by atoms with E-state index in [1.807, 2.05) is 36.4 Å². The van der Waals surface area contributed by atoms with Crippen molar-refractivity contribution < 1.29 is 14.6 Å². The Bertz CT molecular complexity index is 678. The summed E-state index contributed by atoms with van der Waals surface area (Å²) in [6.07, 6.45) is 3.31. The van der Waals surface area contributed by atoms with Gasteiger partial charge in [-0.25, -0.2) is 0 Å². The molecule has 1 aliphatic rings. The second-order valence-electron chi connectivity index (χ2n) is 6.35. The van der Waals surface area contributed by atoms with Gasteiger partial charge in [-0.1, -0.05) is 24.3 Å². The van der Waals surface area contributed by atoms with Gasteiger partial charge in [0.15, 0.2) is 0 Å². The Morgan fingerprint density at radius 2 is 1.92 bits per heavy atom. The summed E-state index contributed by atoms with van der Waals surface area (Å²) in [5.74, 6) is 0.929. The fraction of sp³-hybridized carbons (Fsp3) is 0.350. The van der Waals surface area contributed by atoms with Gasteiger partial charge in [-0.15, -0.1) is 0 Å². The third kappa shape index (κ3) is 5.30. The molecule has 2 N–H and O–H groups in total. The van der Waals surface area contributed by atoms with E-state index >= 15 is 0 Å². The van der Waals surface area contributed by atoms with E-state index in [1.165, 1.54) is 18.4 Å². The Morgan fingerprint density at radius 1 is 1.12 bits per heavy atom. The van der Waals surface area contributed by atoms with Crippen LogP contribution in [0.25, 0.3) is 0 Å². The molecule has 0 atom stereocenters. The third-order valence-electron chi connectivity index (χ3n) is 4.16. The fourth-order valence-corrected chi connectivity index (χ4v) is 2.49. The van der Waals surface area contributed by atoms with Crippen LogP contribution in [-0.4, -0.2) is 17.7 Å². The Morgan fingerprint density at radius 3 is 2.62 bits per heavy atom. The smallest absolute Gasteiger partial charge is 0.303 e. The first-order valence-corrected chi connectivity index (χ1v) is 8.45. The third-order valence-corrected chi connectivity index (χ3v) is 4.16. The van der Waals surface area contributed by atoms with Crippen LogP contribution < -0.4 is 10.1 Å². The second-order valence-corrected chi connectivity index (χ2v) is 6.35. The topological polar surface area (TPSA) is 58.6 Å². The second kappa shape index (κ2) is 7.86. The average Bonchev–Trinajstić information content (AvgIpc) is 3.42. The molecule has 0 aliphatic heterocycles. The molecule has 0 saturated heterocycles. The number of anilines is 1. The number of nitrogens with one attached hydrogen (secondary N) is 1. The number of hydrogen-bond acceptors (Lipinski definition) is 3. The van der Waals surface area contributed by atoms with Crippen LogP contribution in [0.4, 0.5) is 5.69 Å². The number of carboxylic acids is 1. The van der Waals surface area contributed by atoms with Crippen molar-refractivity contribution in [3.8, 4) is 5.75 Å². The molecule has 126 valence electrons. The quantitative estimate of drug-likeness (QED) is 0.728. The van der Waals surface area contributed by atoms with Crippen LogP contribution in [0, 0.1) is 5.92 Å². The van der Waals surface area contributed by atoms with Gasteiger partial charge in [-0.2, -0.15) is 0 Å². The summed E-state index contributed by atoms with van der Waals surface area (Å²) in [5.41, 5.74) is 3.22. The molecule has 1 fully saturated rings. The zero-order valence-corrected chi connectivity index (χ0v) is 13.7. The van der Waals surface area contributed by atoms with E-state index in [1.54, 1.807) is 0 Å². The first-order chi connectivity index (χ1) is 11.7. The maximum absolute atomic E-state index is 10.7. The highest BCUT2D eigenvalue weighted by atomic mass is 16.5. The molecule has 0 bridgehead atoms. The number of carboxylic acid groups (broad SMARTS) is 1. The van der Waals surface area contributed by atoms with Crippen molar-refractivity contribution in [1.29, 1.82) is 0 Å². The van der Waals surface area contributed by atoms with E-state index in [4.69, 9.17) is 9.84 Å². The Labute approximate surface area is 142 Å². The highest BCUT2D eigenvalue weighted by Crippen LogP contribution is 2.29. The summed E-state index contributed by atoms with van der Waals surface area (Å²) in [4.78, 5) is 10.7. The molecule has 0 aromatic heterocycles. The number of hydrogen-bond donors (Lipinski definition) is 2. The van der Waals surface area contributed by atoms with Crippen LogP contribution in [0.1, 0.15) is 30.4 Å². The van der Waals surface area contributed by atoms with E-state index in [9.17, 15) is 4.79 Å². The van der Waals surface area contributed by atoms with Gasteiger partial charge < -0.3 is 15.2 Å². The lowest BCUT2D eigenvalue weighted by molar-refractivity contribution is -0.136. The van der Waals surface area contributed by atoms with E-state index in [0.717, 1.165) is 36.1 Å². The first kappa shape index (κ1) is 16.4. The lowest BCUT2D eigenvalue weighted by Gasteiger charge is -2.10. The molecule has 0 radical (unpaired) electrons. The average molecular weight is 325 g/mol. The van der Waals surface area contributed by atoms with Gasteiger partial charge in [0.05, 0.1) is 6.61 Å². The lowest BCUT2D eigenvalue weighted by atomic mass is 10.1. The monoisotopic (exact) mass is 325 g/mol. The number of aliphatic carboxylic acids is 1. The van der Waals surface area contributed by atoms with Gasteiger partial charge in [0.1, 0.15) is 5.75 Å². The van der Waals surface area contributed by atoms with E-state index in [-0.39, 0.29) is 6.42 Å². The number of aryl methyl sites for hydroxylation is 1. The number of rotatable bonds is 9. The van der Waals surface area contributed by atoms with Crippen molar-refractivity contribution in [2.75, 3.05) is 11.9 Å². The summed E-state index contributed by atoms with van der Waals surface area (Å²) >= 11 is 0. The molecule has 4 heteroatoms. The minimum Gasteiger partial charge on any atom is -0.493 e. The standard InChI is InChI=1S/C20H23NO3/c22-20(23)11-8-15-2-1-3-18(12-15)21-13-16-6-9-19(10-7-16)24-14-17-4-5-17/h1-3,6-7,9-10,12,17,21H,4-5,8,11,13-14H2,(H,22,23). The molecule has 2 aromatic rings. The first-order valence-electron chi connectivity index (χ1n) is 8.45. The van der Waals surface area contributed by atoms with Crippen molar-refractivity contribution in [2.45, 2.75) is 32.2 Å². The van der Waals surface area contributed by atoms with Crippen molar-refractivity contribution >= 4 is 11.7 Å². The van der Waals surface area contributed by atoms with Gasteiger partial charge in [-0.3, -0.25) is 4.79 Å². The van der Waals surface area contributed by atoms with Gasteiger partial charge in [0.25, 0.3) is 0 Å². The summed E-state index contributed by atoms with van der Waals surface area (Å²) < 4.78 is 5.74. The molecule has 1 aliphatic carbocycles. The summed E-state index contributed by atoms with van der Waals surface area (Å²) in [6.45, 7) is 1.56. The van der Waals surface area contributed by atoms with Crippen molar-refractivity contribution in [3.05, 3.63) is 59.7 Å². The maximum Gasteiger partial charge on any atom is 0.303 e. The predicted molar refractivity (Wildman–Crippen MR) is 94.4 cm³/mol. The van der Waals surface area contributed by atoms with Crippen LogP contribution in [0.5, 0.6) is 5.75 Å². The molecule has 0 amide bonds. The Kier molecular flexibility index (Phi) is 5.36. The molecule has 1 saturated carbocycles. The van der Waals surface area contributed by atoms with Gasteiger partial charge in [-0.05, 0) is 60.6 Å². The highest BCUT2D eigenvalue weighted by molar-refractivity contribution is 5.67. The molecule has 0 heterocycles. The predicted octanol–water partition coefficient (Wildman–Crippen LogP) is 4.10. The van der Waals surface area contributed by atoms with Crippen LogP contribution in [-0.2, 0) is 17.8 Å². The van der Waals surface area contributed by atoms with E-state index in [0.29, 0.717) is 6.42 Å². The van der Waals surface area contributed by atoms with Crippen LogP contribution in [0.2, 0.25) is 0 Å². The summed E-state index contributed by atoms with van der Waals surface area (Å²) in [5, 5.41) is 12.1. The van der Waals surface area contributed by atoms with Crippen molar-refractivity contribution in [3.63, 3.8) is 0 Å². The van der Waals surface area contributed by atoms with Crippen molar-refractivity contribution in [1.82, 2.24) is 0 Å². The molecule has 3 rings (SSSR count). The Balaban J connectivity index is 1.49. The normalized spacial score (nSPS) is 13.5. The maximum atomic E-state index is 10.7. The molecular formula is C20H23NO3. The fourth-order valence-electron chi connectivity index (χ4n) is 2.49. The zero-order chi connectivity index (χ0) is 16.8. The number of carbonyl (C=O) groups is 1. The van der Waals surface area contributed by atoms with E-state index < -0.39 is 5.97 Å². The van der Waals surface area contributed by atoms with Gasteiger partial charge in [0, 0.05) is 18.7 Å². The van der Waals surface area contributed by atoms with E-state index in [2.05, 4.69) is 17.4 Å². The van der Waals surface area contributed by atoms with Crippen LogP contribution in [0.15, 0.2) is 48.5 Å². The number of benzene rings is 2. The largest absolute Gasteiger partial charge is 0.493 e. The molecule has 0 unspecified atom stereocenters.